The van der Waals surface area contributed by atoms with Crippen LogP contribution in [-0.2, 0) is 15.0 Å². The van der Waals surface area contributed by atoms with Crippen molar-refractivity contribution >= 4 is 16.2 Å². The Hall–Kier alpha value is -0.660. The molecule has 2 saturated heterocycles. The highest BCUT2D eigenvalue weighted by molar-refractivity contribution is 7.86. The second-order valence-electron chi connectivity index (χ2n) is 6.10. The van der Waals surface area contributed by atoms with Crippen LogP contribution in [0.5, 0.6) is 0 Å². The van der Waals surface area contributed by atoms with Crippen LogP contribution in [0, 0.1) is 5.92 Å². The fourth-order valence-electron chi connectivity index (χ4n) is 3.19. The lowest BCUT2D eigenvalue weighted by atomic mass is 9.93. The lowest BCUT2D eigenvalue weighted by Gasteiger charge is -2.34. The SMILES string of the molecule is O=C(O)CCC1CCN(S(=O)(=O)N2CCCCCC2)CC1. The number of hydrogen-bond acceptors (Lipinski definition) is 3. The monoisotopic (exact) mass is 318 g/mol. The summed E-state index contributed by atoms with van der Waals surface area (Å²) in [5.41, 5.74) is 0. The maximum Gasteiger partial charge on any atom is 0.303 e. The number of hydrogen-bond donors (Lipinski definition) is 1. The van der Waals surface area contributed by atoms with E-state index in [0.29, 0.717) is 38.5 Å². The van der Waals surface area contributed by atoms with Gasteiger partial charge in [0.05, 0.1) is 0 Å². The normalized spacial score (nSPS) is 23.8. The molecule has 2 aliphatic heterocycles. The van der Waals surface area contributed by atoms with Gasteiger partial charge in [0.25, 0.3) is 10.2 Å². The number of aliphatic carboxylic acids is 1. The van der Waals surface area contributed by atoms with E-state index < -0.39 is 16.2 Å². The molecule has 2 heterocycles. The molecule has 122 valence electrons. The molecule has 0 saturated carbocycles. The predicted octanol–water partition coefficient (Wildman–Crippen LogP) is 1.68. The Bertz CT molecular complexity index is 436. The summed E-state index contributed by atoms with van der Waals surface area (Å²) in [6.07, 6.45) is 6.53. The zero-order valence-electron chi connectivity index (χ0n) is 12.5. The molecule has 2 fully saturated rings. The van der Waals surface area contributed by atoms with Gasteiger partial charge in [0.15, 0.2) is 0 Å². The molecule has 0 aliphatic carbocycles. The van der Waals surface area contributed by atoms with E-state index in [2.05, 4.69) is 0 Å². The minimum Gasteiger partial charge on any atom is -0.481 e. The average Bonchev–Trinajstić information content (AvgIpc) is 2.75. The zero-order valence-corrected chi connectivity index (χ0v) is 13.4. The average molecular weight is 318 g/mol. The van der Waals surface area contributed by atoms with E-state index in [-0.39, 0.29) is 6.42 Å². The van der Waals surface area contributed by atoms with Crippen LogP contribution in [0.3, 0.4) is 0 Å². The minimum absolute atomic E-state index is 0.184. The fraction of sp³-hybridized carbons (Fsp3) is 0.929. The van der Waals surface area contributed by atoms with E-state index in [1.54, 1.807) is 8.61 Å². The lowest BCUT2D eigenvalue weighted by Crippen LogP contribution is -2.47. The molecular weight excluding hydrogens is 292 g/mol. The lowest BCUT2D eigenvalue weighted by molar-refractivity contribution is -0.137. The summed E-state index contributed by atoms with van der Waals surface area (Å²) in [6, 6.07) is 0. The van der Waals surface area contributed by atoms with Crippen molar-refractivity contribution in [1.29, 1.82) is 0 Å². The third kappa shape index (κ3) is 4.66. The maximum absolute atomic E-state index is 12.6. The van der Waals surface area contributed by atoms with Crippen LogP contribution in [0.4, 0.5) is 0 Å². The predicted molar refractivity (Wildman–Crippen MR) is 80.1 cm³/mol. The molecule has 0 amide bonds. The van der Waals surface area contributed by atoms with Gasteiger partial charge in [-0.25, -0.2) is 0 Å². The van der Waals surface area contributed by atoms with Gasteiger partial charge in [0.2, 0.25) is 0 Å². The molecule has 7 heteroatoms. The van der Waals surface area contributed by atoms with Crippen LogP contribution in [0.1, 0.15) is 51.4 Å². The topological polar surface area (TPSA) is 77.9 Å². The molecule has 0 unspecified atom stereocenters. The number of nitrogens with zero attached hydrogens (tertiary/aromatic N) is 2. The van der Waals surface area contributed by atoms with E-state index in [9.17, 15) is 13.2 Å². The maximum atomic E-state index is 12.6. The van der Waals surface area contributed by atoms with Gasteiger partial charge in [0.1, 0.15) is 0 Å². The number of carboxylic acids is 1. The van der Waals surface area contributed by atoms with Crippen molar-refractivity contribution in [1.82, 2.24) is 8.61 Å². The van der Waals surface area contributed by atoms with Gasteiger partial charge in [-0.3, -0.25) is 4.79 Å². The Morgan fingerprint density at radius 1 is 0.952 bits per heavy atom. The van der Waals surface area contributed by atoms with E-state index >= 15 is 0 Å². The molecule has 0 radical (unpaired) electrons. The molecule has 21 heavy (non-hydrogen) atoms. The van der Waals surface area contributed by atoms with E-state index in [0.717, 1.165) is 38.5 Å². The zero-order chi connectivity index (χ0) is 15.3. The van der Waals surface area contributed by atoms with Crippen molar-refractivity contribution in [3.05, 3.63) is 0 Å². The summed E-state index contributed by atoms with van der Waals surface area (Å²) in [6.45, 7) is 2.34. The number of carbonyl (C=O) groups is 1. The molecule has 0 aromatic carbocycles. The molecular formula is C14H26N2O4S. The Morgan fingerprint density at radius 2 is 1.48 bits per heavy atom. The van der Waals surface area contributed by atoms with Gasteiger partial charge in [-0.1, -0.05) is 12.8 Å². The van der Waals surface area contributed by atoms with E-state index in [1.807, 2.05) is 0 Å². The Morgan fingerprint density at radius 3 is 2.00 bits per heavy atom. The summed E-state index contributed by atoms with van der Waals surface area (Å²) in [5, 5.41) is 8.71. The van der Waals surface area contributed by atoms with Crippen LogP contribution in [0.25, 0.3) is 0 Å². The Labute approximate surface area is 127 Å². The van der Waals surface area contributed by atoms with E-state index in [4.69, 9.17) is 5.11 Å². The smallest absolute Gasteiger partial charge is 0.303 e. The Balaban J connectivity index is 1.86. The van der Waals surface area contributed by atoms with Gasteiger partial charge >= 0.3 is 5.97 Å². The van der Waals surface area contributed by atoms with Gasteiger partial charge in [-0.2, -0.15) is 17.0 Å². The van der Waals surface area contributed by atoms with Gasteiger partial charge in [0, 0.05) is 32.6 Å². The molecule has 0 aromatic rings. The summed E-state index contributed by atoms with van der Waals surface area (Å²) >= 11 is 0. The van der Waals surface area contributed by atoms with E-state index in [1.165, 1.54) is 0 Å². The first-order chi connectivity index (χ1) is 10.00. The van der Waals surface area contributed by atoms with Crippen molar-refractivity contribution in [2.75, 3.05) is 26.2 Å². The van der Waals surface area contributed by atoms with Crippen LogP contribution in [0.15, 0.2) is 0 Å². The van der Waals surface area contributed by atoms with Crippen LogP contribution < -0.4 is 0 Å². The first-order valence-electron chi connectivity index (χ1n) is 7.97. The third-order valence-corrected chi connectivity index (χ3v) is 6.59. The van der Waals surface area contributed by atoms with Crippen molar-refractivity contribution in [3.63, 3.8) is 0 Å². The second-order valence-corrected chi connectivity index (χ2v) is 8.02. The molecule has 2 rings (SSSR count). The largest absolute Gasteiger partial charge is 0.481 e. The number of piperidine rings is 1. The first kappa shape index (κ1) is 16.7. The summed E-state index contributed by atoms with van der Waals surface area (Å²) in [7, 11) is -3.31. The van der Waals surface area contributed by atoms with Gasteiger partial charge in [-0.05, 0) is 38.0 Å². The summed E-state index contributed by atoms with van der Waals surface area (Å²) in [5.74, 6) is -0.425. The quantitative estimate of drug-likeness (QED) is 0.836. The first-order valence-corrected chi connectivity index (χ1v) is 9.37. The molecule has 2 aliphatic rings. The van der Waals surface area contributed by atoms with Crippen LogP contribution >= 0.6 is 0 Å². The van der Waals surface area contributed by atoms with Crippen molar-refractivity contribution < 1.29 is 18.3 Å². The second kappa shape index (κ2) is 7.56. The van der Waals surface area contributed by atoms with Crippen molar-refractivity contribution in [2.45, 2.75) is 51.4 Å². The number of rotatable bonds is 5. The molecule has 1 N–H and O–H groups in total. The molecule has 0 aromatic heterocycles. The van der Waals surface area contributed by atoms with Crippen LogP contribution in [0.2, 0.25) is 0 Å². The minimum atomic E-state index is -3.31. The Kier molecular flexibility index (Phi) is 6.01. The summed E-state index contributed by atoms with van der Waals surface area (Å²) in [4.78, 5) is 10.6. The van der Waals surface area contributed by atoms with Gasteiger partial charge in [-0.15, -0.1) is 0 Å². The standard InChI is InChI=1S/C14H26N2O4S/c17-14(18)6-5-13-7-11-16(12-8-13)21(19,20)15-9-3-1-2-4-10-15/h13H,1-12H2,(H,17,18). The molecule has 0 bridgehead atoms. The fourth-order valence-corrected chi connectivity index (χ4v) is 4.91. The van der Waals surface area contributed by atoms with Gasteiger partial charge < -0.3 is 5.11 Å². The number of carboxylic acid groups (broad SMARTS) is 1. The summed E-state index contributed by atoms with van der Waals surface area (Å²) < 4.78 is 28.5. The molecule has 0 atom stereocenters. The van der Waals surface area contributed by atoms with Crippen molar-refractivity contribution in [2.24, 2.45) is 5.92 Å². The van der Waals surface area contributed by atoms with Crippen molar-refractivity contribution in [3.8, 4) is 0 Å². The van der Waals surface area contributed by atoms with Crippen LogP contribution in [-0.4, -0.2) is 54.3 Å². The highest BCUT2D eigenvalue weighted by Crippen LogP contribution is 2.25. The molecule has 6 nitrogen and oxygen atoms in total. The molecule has 0 spiro atoms. The highest BCUT2D eigenvalue weighted by atomic mass is 32.2. The third-order valence-electron chi connectivity index (χ3n) is 4.56. The highest BCUT2D eigenvalue weighted by Gasteiger charge is 2.32.